The molecule has 116 valence electrons. The monoisotopic (exact) mass is 305 g/mol. The molecule has 0 unspecified atom stereocenters. The Hall–Kier alpha value is -2.62. The normalized spacial score (nSPS) is 18.1. The lowest BCUT2D eigenvalue weighted by atomic mass is 10.1. The number of carbonyl (C=O) groups excluding carboxylic acids is 1. The minimum absolute atomic E-state index is 0.119. The number of aryl methyl sites for hydroxylation is 2. The van der Waals surface area contributed by atoms with E-state index in [9.17, 15) is 4.79 Å². The highest BCUT2D eigenvalue weighted by atomic mass is 16.2. The molecule has 0 spiro atoms. The van der Waals surface area contributed by atoms with Gasteiger partial charge >= 0.3 is 0 Å². The molecule has 0 aliphatic carbocycles. The first-order valence-corrected chi connectivity index (χ1v) is 7.94. The Kier molecular flexibility index (Phi) is 3.18. The van der Waals surface area contributed by atoms with E-state index in [1.54, 1.807) is 0 Å². The fourth-order valence-corrected chi connectivity index (χ4v) is 3.50. The summed E-state index contributed by atoms with van der Waals surface area (Å²) >= 11 is 0. The first-order chi connectivity index (χ1) is 11.1. The van der Waals surface area contributed by atoms with Gasteiger partial charge in [-0.2, -0.15) is 0 Å². The molecule has 0 saturated carbocycles. The number of imidazole rings is 1. The number of hydrogen-bond acceptors (Lipinski definition) is 2. The highest BCUT2D eigenvalue weighted by Gasteiger charge is 2.34. The van der Waals surface area contributed by atoms with E-state index in [0.717, 1.165) is 33.7 Å². The summed E-state index contributed by atoms with van der Waals surface area (Å²) in [5.41, 5.74) is 5.32. The zero-order valence-electron chi connectivity index (χ0n) is 13.3. The fourth-order valence-electron chi connectivity index (χ4n) is 3.50. The van der Waals surface area contributed by atoms with Crippen LogP contribution in [-0.2, 0) is 4.79 Å². The van der Waals surface area contributed by atoms with Gasteiger partial charge < -0.3 is 9.88 Å². The van der Waals surface area contributed by atoms with Crippen molar-refractivity contribution in [3.63, 3.8) is 0 Å². The van der Waals surface area contributed by atoms with Crippen molar-refractivity contribution in [2.24, 2.45) is 0 Å². The second-order valence-corrected chi connectivity index (χ2v) is 6.28. The van der Waals surface area contributed by atoms with E-state index in [2.05, 4.69) is 35.9 Å². The number of rotatable bonds is 2. The number of aromatic nitrogens is 2. The van der Waals surface area contributed by atoms with Crippen molar-refractivity contribution < 1.29 is 4.79 Å². The third kappa shape index (κ3) is 2.31. The van der Waals surface area contributed by atoms with Crippen LogP contribution in [0.15, 0.2) is 42.5 Å². The lowest BCUT2D eigenvalue weighted by molar-refractivity contribution is -0.117. The summed E-state index contributed by atoms with van der Waals surface area (Å²) in [6.45, 7) is 4.80. The SMILES string of the molecule is Cc1cccc(C)c1N1C[C@@H](c2nc3ccccc3[nH]2)CC1=O. The van der Waals surface area contributed by atoms with E-state index in [-0.39, 0.29) is 11.8 Å². The maximum atomic E-state index is 12.6. The molecule has 0 bridgehead atoms. The third-order valence-electron chi connectivity index (χ3n) is 4.63. The van der Waals surface area contributed by atoms with E-state index >= 15 is 0 Å². The molecular formula is C19H19N3O. The van der Waals surface area contributed by atoms with Crippen molar-refractivity contribution in [2.45, 2.75) is 26.2 Å². The number of benzene rings is 2. The van der Waals surface area contributed by atoms with Crippen molar-refractivity contribution in [2.75, 3.05) is 11.4 Å². The molecule has 1 amide bonds. The van der Waals surface area contributed by atoms with Gasteiger partial charge in [0.15, 0.2) is 0 Å². The van der Waals surface area contributed by atoms with Crippen LogP contribution in [0.1, 0.15) is 29.3 Å². The number of hydrogen-bond donors (Lipinski definition) is 1. The van der Waals surface area contributed by atoms with E-state index in [1.165, 1.54) is 0 Å². The van der Waals surface area contributed by atoms with Crippen LogP contribution >= 0.6 is 0 Å². The van der Waals surface area contributed by atoms with Gasteiger partial charge in [0.1, 0.15) is 5.82 Å². The van der Waals surface area contributed by atoms with Gasteiger partial charge in [0, 0.05) is 24.6 Å². The Labute approximate surface area is 135 Å². The molecule has 1 saturated heterocycles. The van der Waals surface area contributed by atoms with Crippen LogP contribution in [0.3, 0.4) is 0 Å². The quantitative estimate of drug-likeness (QED) is 0.785. The number of nitrogens with zero attached hydrogens (tertiary/aromatic N) is 2. The van der Waals surface area contributed by atoms with Gasteiger partial charge in [-0.05, 0) is 37.1 Å². The van der Waals surface area contributed by atoms with Crippen molar-refractivity contribution in [1.29, 1.82) is 0 Å². The molecule has 2 aromatic carbocycles. The minimum Gasteiger partial charge on any atom is -0.342 e. The van der Waals surface area contributed by atoms with Crippen LogP contribution in [-0.4, -0.2) is 22.4 Å². The summed E-state index contributed by atoms with van der Waals surface area (Å²) in [4.78, 5) is 22.5. The Balaban J connectivity index is 1.68. The van der Waals surface area contributed by atoms with E-state index in [1.807, 2.05) is 35.2 Å². The second-order valence-electron chi connectivity index (χ2n) is 6.28. The zero-order valence-corrected chi connectivity index (χ0v) is 13.3. The summed E-state index contributed by atoms with van der Waals surface area (Å²) < 4.78 is 0. The molecule has 23 heavy (non-hydrogen) atoms. The van der Waals surface area contributed by atoms with E-state index in [4.69, 9.17) is 0 Å². The lowest BCUT2D eigenvalue weighted by Gasteiger charge is -2.21. The predicted octanol–water partition coefficient (Wildman–Crippen LogP) is 3.70. The summed E-state index contributed by atoms with van der Waals surface area (Å²) in [5, 5.41) is 0. The standard InChI is InChI=1S/C19H19N3O/c1-12-6-5-7-13(2)18(12)22-11-14(10-17(22)23)19-20-15-8-3-4-9-16(15)21-19/h3-9,14H,10-11H2,1-2H3,(H,20,21)/t14-/m0/s1. The molecule has 1 N–H and O–H groups in total. The van der Waals surface area contributed by atoms with Crippen LogP contribution < -0.4 is 4.90 Å². The third-order valence-corrected chi connectivity index (χ3v) is 4.63. The summed E-state index contributed by atoms with van der Waals surface area (Å²) in [6, 6.07) is 14.1. The zero-order chi connectivity index (χ0) is 16.0. The molecule has 3 aromatic rings. The van der Waals surface area contributed by atoms with Gasteiger partial charge in [0.25, 0.3) is 0 Å². The van der Waals surface area contributed by atoms with Gasteiger partial charge in [-0.25, -0.2) is 4.98 Å². The van der Waals surface area contributed by atoms with Crippen LogP contribution in [0, 0.1) is 13.8 Å². The summed E-state index contributed by atoms with van der Waals surface area (Å²) in [5.74, 6) is 1.20. The molecule has 4 nitrogen and oxygen atoms in total. The van der Waals surface area contributed by atoms with Gasteiger partial charge in [-0.15, -0.1) is 0 Å². The molecule has 4 rings (SSSR count). The predicted molar refractivity (Wildman–Crippen MR) is 91.7 cm³/mol. The number of H-pyrrole nitrogens is 1. The van der Waals surface area contributed by atoms with Crippen molar-refractivity contribution in [3.8, 4) is 0 Å². The molecule has 0 radical (unpaired) electrons. The van der Waals surface area contributed by atoms with Gasteiger partial charge in [-0.1, -0.05) is 30.3 Å². The molecule has 1 aromatic heterocycles. The minimum atomic E-state index is 0.119. The molecule has 1 aliphatic rings. The molecular weight excluding hydrogens is 286 g/mol. The van der Waals surface area contributed by atoms with Crippen molar-refractivity contribution in [3.05, 3.63) is 59.4 Å². The number of aromatic amines is 1. The maximum absolute atomic E-state index is 12.6. The van der Waals surface area contributed by atoms with Gasteiger partial charge in [0.2, 0.25) is 5.91 Å². The highest BCUT2D eigenvalue weighted by molar-refractivity contribution is 5.98. The van der Waals surface area contributed by atoms with Crippen LogP contribution in [0.4, 0.5) is 5.69 Å². The van der Waals surface area contributed by atoms with Crippen molar-refractivity contribution in [1.82, 2.24) is 9.97 Å². The number of para-hydroxylation sites is 3. The number of carbonyl (C=O) groups is 1. The maximum Gasteiger partial charge on any atom is 0.227 e. The highest BCUT2D eigenvalue weighted by Crippen LogP contribution is 2.34. The first-order valence-electron chi connectivity index (χ1n) is 7.94. The Bertz CT molecular complexity index is 843. The smallest absolute Gasteiger partial charge is 0.227 e. The fraction of sp³-hybridized carbons (Fsp3) is 0.263. The Morgan fingerprint density at radius 2 is 1.83 bits per heavy atom. The largest absolute Gasteiger partial charge is 0.342 e. The first kappa shape index (κ1) is 14.0. The van der Waals surface area contributed by atoms with Gasteiger partial charge in [0.05, 0.1) is 11.0 Å². The molecule has 1 atom stereocenters. The average molecular weight is 305 g/mol. The molecule has 1 fully saturated rings. The summed E-state index contributed by atoms with van der Waals surface area (Å²) in [7, 11) is 0. The molecule has 2 heterocycles. The van der Waals surface area contributed by atoms with Gasteiger partial charge in [-0.3, -0.25) is 4.79 Å². The number of nitrogens with one attached hydrogen (secondary N) is 1. The lowest BCUT2D eigenvalue weighted by Crippen LogP contribution is -2.26. The topological polar surface area (TPSA) is 49.0 Å². The van der Waals surface area contributed by atoms with Crippen LogP contribution in [0.2, 0.25) is 0 Å². The van der Waals surface area contributed by atoms with E-state index < -0.39 is 0 Å². The van der Waals surface area contributed by atoms with Crippen molar-refractivity contribution >= 4 is 22.6 Å². The second kappa shape index (κ2) is 5.23. The van der Waals surface area contributed by atoms with Crippen LogP contribution in [0.5, 0.6) is 0 Å². The Morgan fingerprint density at radius 3 is 2.57 bits per heavy atom. The number of fused-ring (bicyclic) bond motifs is 1. The Morgan fingerprint density at radius 1 is 1.09 bits per heavy atom. The molecule has 4 heteroatoms. The average Bonchev–Trinajstić information content (AvgIpc) is 3.11. The van der Waals surface area contributed by atoms with E-state index in [0.29, 0.717) is 13.0 Å². The molecule has 1 aliphatic heterocycles. The number of amides is 1. The van der Waals surface area contributed by atoms with Crippen LogP contribution in [0.25, 0.3) is 11.0 Å². The number of anilines is 1. The summed E-state index contributed by atoms with van der Waals surface area (Å²) in [6.07, 6.45) is 0.508.